The first-order chi connectivity index (χ1) is 6.79. The van der Waals surface area contributed by atoms with E-state index in [2.05, 4.69) is 9.97 Å². The number of rotatable bonds is 1. The Morgan fingerprint density at radius 3 is 2.43 bits per heavy atom. The van der Waals surface area contributed by atoms with Crippen LogP contribution in [-0.2, 0) is 0 Å². The van der Waals surface area contributed by atoms with Crippen LogP contribution in [0.3, 0.4) is 0 Å². The molecule has 1 aromatic carbocycles. The van der Waals surface area contributed by atoms with Gasteiger partial charge in [-0.15, -0.1) is 0 Å². The van der Waals surface area contributed by atoms with Crippen LogP contribution in [0.5, 0.6) is 0 Å². The predicted octanol–water partition coefficient (Wildman–Crippen LogP) is 1.86. The highest BCUT2D eigenvalue weighted by Gasteiger charge is 2.09. The highest BCUT2D eigenvalue weighted by molar-refractivity contribution is 5.72. The smallest absolute Gasteiger partial charge is 0.225 e. The van der Waals surface area contributed by atoms with E-state index in [9.17, 15) is 4.39 Å². The maximum atomic E-state index is 13.3. The molecule has 2 rings (SSSR count). The van der Waals surface area contributed by atoms with Crippen LogP contribution in [0.15, 0.2) is 36.7 Å². The van der Waals surface area contributed by atoms with Gasteiger partial charge in [0.15, 0.2) is 0 Å². The van der Waals surface area contributed by atoms with Crippen LogP contribution in [0.1, 0.15) is 0 Å². The van der Waals surface area contributed by atoms with E-state index in [-0.39, 0.29) is 11.4 Å². The molecule has 0 unspecified atom stereocenters. The number of benzene rings is 1. The number of nitrogens with two attached hydrogens (primary N) is 1. The molecule has 0 aliphatic heterocycles. The van der Waals surface area contributed by atoms with Crippen LogP contribution in [0.2, 0.25) is 0 Å². The average Bonchev–Trinajstić information content (AvgIpc) is 2.19. The van der Waals surface area contributed by atoms with Gasteiger partial charge in [-0.3, -0.25) is 0 Å². The summed E-state index contributed by atoms with van der Waals surface area (Å²) in [5.41, 5.74) is 6.50. The van der Waals surface area contributed by atoms with Crippen molar-refractivity contribution >= 4 is 5.82 Å². The first-order valence-electron chi connectivity index (χ1n) is 4.10. The zero-order valence-electron chi connectivity index (χ0n) is 7.31. The van der Waals surface area contributed by atoms with Crippen molar-refractivity contribution < 1.29 is 4.39 Å². The van der Waals surface area contributed by atoms with Crippen LogP contribution in [0, 0.1) is 5.95 Å². The van der Waals surface area contributed by atoms with Crippen LogP contribution in [0.4, 0.5) is 10.2 Å². The van der Waals surface area contributed by atoms with E-state index < -0.39 is 5.95 Å². The van der Waals surface area contributed by atoms with Crippen molar-refractivity contribution in [3.05, 3.63) is 42.6 Å². The molecule has 0 aliphatic carbocycles. The van der Waals surface area contributed by atoms with E-state index >= 15 is 0 Å². The van der Waals surface area contributed by atoms with Gasteiger partial charge in [0.25, 0.3) is 0 Å². The summed E-state index contributed by atoms with van der Waals surface area (Å²) < 4.78 is 13.3. The molecule has 3 nitrogen and oxygen atoms in total. The van der Waals surface area contributed by atoms with Crippen molar-refractivity contribution in [3.8, 4) is 11.1 Å². The lowest BCUT2D eigenvalue weighted by molar-refractivity contribution is 0.584. The lowest BCUT2D eigenvalue weighted by Crippen LogP contribution is -1.99. The Bertz CT molecular complexity index is 422. The molecule has 0 atom stereocenters. The van der Waals surface area contributed by atoms with Gasteiger partial charge < -0.3 is 5.73 Å². The Morgan fingerprint density at radius 2 is 1.79 bits per heavy atom. The Kier molecular flexibility index (Phi) is 2.10. The van der Waals surface area contributed by atoms with E-state index in [1.54, 1.807) is 24.3 Å². The number of aromatic nitrogens is 2. The van der Waals surface area contributed by atoms with Gasteiger partial charge in [0.2, 0.25) is 5.95 Å². The van der Waals surface area contributed by atoms with E-state index in [1.165, 1.54) is 0 Å². The molecule has 1 aromatic heterocycles. The maximum absolute atomic E-state index is 13.3. The van der Waals surface area contributed by atoms with E-state index in [4.69, 9.17) is 5.73 Å². The second-order valence-corrected chi connectivity index (χ2v) is 2.79. The van der Waals surface area contributed by atoms with Crippen LogP contribution >= 0.6 is 0 Å². The summed E-state index contributed by atoms with van der Waals surface area (Å²) >= 11 is 0. The monoisotopic (exact) mass is 189 g/mol. The molecule has 0 radical (unpaired) electrons. The van der Waals surface area contributed by atoms with Gasteiger partial charge in [0, 0.05) is 0 Å². The molecule has 0 fully saturated rings. The molecule has 1 heterocycles. The molecule has 2 aromatic rings. The second kappa shape index (κ2) is 3.41. The molecule has 0 saturated heterocycles. The number of anilines is 1. The van der Waals surface area contributed by atoms with E-state index in [0.29, 0.717) is 5.56 Å². The Hall–Kier alpha value is -1.97. The molecule has 4 heteroatoms. The van der Waals surface area contributed by atoms with Gasteiger partial charge in [-0.25, -0.2) is 9.97 Å². The summed E-state index contributed by atoms with van der Waals surface area (Å²) in [6.45, 7) is 0. The summed E-state index contributed by atoms with van der Waals surface area (Å²) in [7, 11) is 0. The lowest BCUT2D eigenvalue weighted by Gasteiger charge is -2.04. The fraction of sp³-hybridized carbons (Fsp3) is 0. The average molecular weight is 189 g/mol. The molecule has 0 saturated carbocycles. The van der Waals surface area contributed by atoms with Crippen molar-refractivity contribution in [3.63, 3.8) is 0 Å². The minimum atomic E-state index is -0.594. The molecule has 0 amide bonds. The fourth-order valence-electron chi connectivity index (χ4n) is 1.25. The number of nitrogen functional groups attached to an aromatic ring is 1. The summed E-state index contributed by atoms with van der Waals surface area (Å²) in [6, 6.07) is 8.99. The summed E-state index contributed by atoms with van der Waals surface area (Å²) in [5.74, 6) is -0.438. The zero-order valence-corrected chi connectivity index (χ0v) is 7.31. The van der Waals surface area contributed by atoms with Crippen molar-refractivity contribution in [2.24, 2.45) is 0 Å². The van der Waals surface area contributed by atoms with E-state index in [1.807, 2.05) is 6.07 Å². The van der Waals surface area contributed by atoms with Gasteiger partial charge in [-0.1, -0.05) is 30.3 Å². The van der Waals surface area contributed by atoms with Gasteiger partial charge in [-0.05, 0) is 5.56 Å². The van der Waals surface area contributed by atoms with Crippen molar-refractivity contribution in [1.82, 2.24) is 9.97 Å². The standard InChI is InChI=1S/C10H8FN3/c11-9-8(10(12)14-6-13-9)7-4-2-1-3-5-7/h1-6H,(H2,12,13,14). The van der Waals surface area contributed by atoms with Crippen LogP contribution < -0.4 is 5.73 Å². The Balaban J connectivity index is 2.63. The molecule has 2 N–H and O–H groups in total. The second-order valence-electron chi connectivity index (χ2n) is 2.79. The summed E-state index contributed by atoms with van der Waals surface area (Å²) in [5, 5.41) is 0. The van der Waals surface area contributed by atoms with Crippen molar-refractivity contribution in [1.29, 1.82) is 0 Å². The minimum absolute atomic E-state index is 0.156. The van der Waals surface area contributed by atoms with Crippen LogP contribution in [-0.4, -0.2) is 9.97 Å². The number of hydrogen-bond acceptors (Lipinski definition) is 3. The first-order valence-corrected chi connectivity index (χ1v) is 4.10. The van der Waals surface area contributed by atoms with Gasteiger partial charge in [0.1, 0.15) is 12.1 Å². The third-order valence-electron chi connectivity index (χ3n) is 1.89. The van der Waals surface area contributed by atoms with Crippen LogP contribution in [0.25, 0.3) is 11.1 Å². The predicted molar refractivity (Wildman–Crippen MR) is 51.8 cm³/mol. The lowest BCUT2D eigenvalue weighted by atomic mass is 10.1. The van der Waals surface area contributed by atoms with Crippen molar-refractivity contribution in [2.45, 2.75) is 0 Å². The highest BCUT2D eigenvalue weighted by Crippen LogP contribution is 2.25. The van der Waals surface area contributed by atoms with Gasteiger partial charge in [-0.2, -0.15) is 4.39 Å². The SMILES string of the molecule is Nc1ncnc(F)c1-c1ccccc1. The minimum Gasteiger partial charge on any atom is -0.383 e. The van der Waals surface area contributed by atoms with E-state index in [0.717, 1.165) is 6.33 Å². The summed E-state index contributed by atoms with van der Waals surface area (Å²) in [4.78, 5) is 7.20. The van der Waals surface area contributed by atoms with Crippen molar-refractivity contribution in [2.75, 3.05) is 5.73 Å². The highest BCUT2D eigenvalue weighted by atomic mass is 19.1. The maximum Gasteiger partial charge on any atom is 0.225 e. The first kappa shape index (κ1) is 8.62. The van der Waals surface area contributed by atoms with Gasteiger partial charge in [0.05, 0.1) is 5.56 Å². The molecular weight excluding hydrogens is 181 g/mol. The molecule has 0 bridgehead atoms. The molecule has 14 heavy (non-hydrogen) atoms. The Labute approximate surface area is 80.4 Å². The molecule has 0 spiro atoms. The molecule has 0 aliphatic rings. The Morgan fingerprint density at radius 1 is 1.07 bits per heavy atom. The molecule has 70 valence electrons. The fourth-order valence-corrected chi connectivity index (χ4v) is 1.25. The zero-order chi connectivity index (χ0) is 9.97. The van der Waals surface area contributed by atoms with Gasteiger partial charge >= 0.3 is 0 Å². The third kappa shape index (κ3) is 1.42. The third-order valence-corrected chi connectivity index (χ3v) is 1.89. The topological polar surface area (TPSA) is 51.8 Å². The number of hydrogen-bond donors (Lipinski definition) is 1. The number of nitrogens with zero attached hydrogens (tertiary/aromatic N) is 2. The largest absolute Gasteiger partial charge is 0.383 e. The quantitative estimate of drug-likeness (QED) is 0.696. The summed E-state index contributed by atoms with van der Waals surface area (Å²) in [6.07, 6.45) is 1.11. The normalized spacial score (nSPS) is 10.1. The number of halogens is 1. The molecular formula is C10H8FN3.